The first-order valence-electron chi connectivity index (χ1n) is 7.02. The second kappa shape index (κ2) is 5.79. The second-order valence-electron chi connectivity index (χ2n) is 6.29. The number of carboxylic acid groups (broad SMARTS) is 1. The Hall–Kier alpha value is -2.77. The van der Waals surface area contributed by atoms with E-state index in [9.17, 15) is 14.7 Å². The van der Waals surface area contributed by atoms with Crippen molar-refractivity contribution in [2.45, 2.75) is 32.9 Å². The highest BCUT2D eigenvalue weighted by Gasteiger charge is 2.21. The van der Waals surface area contributed by atoms with Crippen LogP contribution in [0.4, 0.5) is 10.5 Å². The van der Waals surface area contributed by atoms with Gasteiger partial charge in [0.2, 0.25) is 0 Å². The Bertz CT molecular complexity index is 761. The number of nitrogens with two attached hydrogens (primary N) is 1. The number of benzene rings is 1. The Labute approximate surface area is 133 Å². The summed E-state index contributed by atoms with van der Waals surface area (Å²) in [6, 6.07) is 2.96. The number of aromatic nitrogens is 2. The van der Waals surface area contributed by atoms with E-state index < -0.39 is 17.7 Å². The van der Waals surface area contributed by atoms with E-state index in [1.165, 1.54) is 11.0 Å². The van der Waals surface area contributed by atoms with Gasteiger partial charge in [0, 0.05) is 12.7 Å². The molecule has 0 unspecified atom stereocenters. The monoisotopic (exact) mass is 320 g/mol. The molecule has 0 fully saturated rings. The molecule has 2 rings (SSSR count). The van der Waals surface area contributed by atoms with E-state index in [2.05, 4.69) is 9.97 Å². The fraction of sp³-hybridized carbons (Fsp3) is 0.400. The summed E-state index contributed by atoms with van der Waals surface area (Å²) >= 11 is 0. The zero-order valence-electron chi connectivity index (χ0n) is 13.5. The first kappa shape index (κ1) is 16.6. The number of carbonyl (C=O) groups is 2. The second-order valence-corrected chi connectivity index (χ2v) is 6.29. The highest BCUT2D eigenvalue weighted by atomic mass is 16.6. The molecule has 4 N–H and O–H groups in total. The Morgan fingerprint density at radius 3 is 2.61 bits per heavy atom. The summed E-state index contributed by atoms with van der Waals surface area (Å²) in [4.78, 5) is 31.8. The molecule has 124 valence electrons. The molecule has 8 nitrogen and oxygen atoms in total. The molecule has 1 amide bonds. The number of carboxylic acids is 1. The normalized spacial score (nSPS) is 11.5. The van der Waals surface area contributed by atoms with E-state index in [1.807, 2.05) is 0 Å². The maximum Gasteiger partial charge on any atom is 0.410 e. The van der Waals surface area contributed by atoms with Crippen molar-refractivity contribution < 1.29 is 19.4 Å². The lowest BCUT2D eigenvalue weighted by atomic mass is 10.1. The van der Waals surface area contributed by atoms with Gasteiger partial charge in [0.15, 0.2) is 0 Å². The zero-order chi connectivity index (χ0) is 17.4. The minimum absolute atomic E-state index is 0.0161. The molecular formula is C15H20N4O4. The molecular weight excluding hydrogens is 300 g/mol. The average molecular weight is 320 g/mol. The summed E-state index contributed by atoms with van der Waals surface area (Å²) in [5.74, 6) is -0.665. The van der Waals surface area contributed by atoms with Crippen LogP contribution in [-0.2, 0) is 11.3 Å². The molecule has 0 saturated heterocycles. The number of amides is 1. The zero-order valence-corrected chi connectivity index (χ0v) is 13.5. The number of fused-ring (bicyclic) bond motifs is 1. The number of imidazole rings is 1. The number of hydrogen-bond acceptors (Lipinski definition) is 5. The third-order valence-electron chi connectivity index (χ3n) is 2.98. The van der Waals surface area contributed by atoms with Gasteiger partial charge in [0.25, 0.3) is 0 Å². The van der Waals surface area contributed by atoms with Gasteiger partial charge in [0.05, 0.1) is 17.6 Å². The van der Waals surface area contributed by atoms with Gasteiger partial charge in [0.1, 0.15) is 16.9 Å². The van der Waals surface area contributed by atoms with Crippen LogP contribution in [0.25, 0.3) is 11.0 Å². The molecule has 0 radical (unpaired) electrons. The predicted octanol–water partition coefficient (Wildman–Crippen LogP) is 2.21. The molecule has 1 heterocycles. The van der Waals surface area contributed by atoms with Crippen molar-refractivity contribution in [1.82, 2.24) is 14.9 Å². The molecule has 0 bridgehead atoms. The van der Waals surface area contributed by atoms with Crippen LogP contribution in [-0.4, -0.2) is 44.7 Å². The van der Waals surface area contributed by atoms with Gasteiger partial charge < -0.3 is 25.5 Å². The van der Waals surface area contributed by atoms with Crippen molar-refractivity contribution in [2.24, 2.45) is 0 Å². The number of aromatic amines is 1. The van der Waals surface area contributed by atoms with E-state index in [1.54, 1.807) is 33.9 Å². The Morgan fingerprint density at radius 2 is 2.04 bits per heavy atom. The van der Waals surface area contributed by atoms with Gasteiger partial charge in [-0.3, -0.25) is 0 Å². The SMILES string of the molecule is CN(Cc1nc2c(C(=O)O)cc(N)cc2[nH]1)C(=O)OC(C)(C)C. The van der Waals surface area contributed by atoms with Crippen LogP contribution in [0.3, 0.4) is 0 Å². The summed E-state index contributed by atoms with van der Waals surface area (Å²) in [7, 11) is 1.58. The molecule has 0 atom stereocenters. The topological polar surface area (TPSA) is 122 Å². The number of carbonyl (C=O) groups excluding carboxylic acids is 1. The van der Waals surface area contributed by atoms with Crippen LogP contribution < -0.4 is 5.73 Å². The largest absolute Gasteiger partial charge is 0.478 e. The highest BCUT2D eigenvalue weighted by molar-refractivity contribution is 6.02. The quantitative estimate of drug-likeness (QED) is 0.745. The molecule has 0 spiro atoms. The number of hydrogen-bond donors (Lipinski definition) is 3. The number of anilines is 1. The van der Waals surface area contributed by atoms with E-state index >= 15 is 0 Å². The van der Waals surface area contributed by atoms with E-state index in [-0.39, 0.29) is 12.1 Å². The maximum absolute atomic E-state index is 12.0. The first-order chi connectivity index (χ1) is 10.6. The van der Waals surface area contributed by atoms with Crippen molar-refractivity contribution in [1.29, 1.82) is 0 Å². The van der Waals surface area contributed by atoms with Gasteiger partial charge in [-0.25, -0.2) is 14.6 Å². The average Bonchev–Trinajstić information content (AvgIpc) is 2.77. The number of aromatic carboxylic acids is 1. The number of nitrogens with zero attached hydrogens (tertiary/aromatic N) is 2. The number of nitrogen functional groups attached to an aromatic ring is 1. The van der Waals surface area contributed by atoms with Crippen LogP contribution in [0, 0.1) is 0 Å². The minimum atomic E-state index is -1.11. The first-order valence-corrected chi connectivity index (χ1v) is 7.02. The molecule has 1 aromatic heterocycles. The van der Waals surface area contributed by atoms with E-state index in [0.717, 1.165) is 0 Å². The fourth-order valence-electron chi connectivity index (χ4n) is 2.06. The Morgan fingerprint density at radius 1 is 1.39 bits per heavy atom. The van der Waals surface area contributed by atoms with Gasteiger partial charge in [-0.1, -0.05) is 0 Å². The molecule has 0 saturated carbocycles. The van der Waals surface area contributed by atoms with Gasteiger partial charge >= 0.3 is 12.1 Å². The van der Waals surface area contributed by atoms with Gasteiger partial charge in [-0.2, -0.15) is 0 Å². The fourth-order valence-corrected chi connectivity index (χ4v) is 2.06. The Kier molecular flexibility index (Phi) is 4.18. The smallest absolute Gasteiger partial charge is 0.410 e. The number of ether oxygens (including phenoxy) is 1. The summed E-state index contributed by atoms with van der Waals surface area (Å²) < 4.78 is 5.26. The lowest BCUT2D eigenvalue weighted by molar-refractivity contribution is 0.0281. The Balaban J connectivity index is 2.26. The van der Waals surface area contributed by atoms with Crippen LogP contribution in [0.1, 0.15) is 37.0 Å². The number of rotatable bonds is 3. The molecule has 0 aliphatic carbocycles. The van der Waals surface area contributed by atoms with Crippen molar-refractivity contribution in [3.8, 4) is 0 Å². The standard InChI is InChI=1S/C15H20N4O4/c1-15(2,3)23-14(22)19(4)7-11-17-10-6-8(16)5-9(13(20)21)12(10)18-11/h5-6H,7,16H2,1-4H3,(H,17,18)(H,20,21). The predicted molar refractivity (Wildman–Crippen MR) is 85.2 cm³/mol. The van der Waals surface area contributed by atoms with Crippen molar-refractivity contribution in [3.05, 3.63) is 23.5 Å². The van der Waals surface area contributed by atoms with Crippen LogP contribution in [0.5, 0.6) is 0 Å². The van der Waals surface area contributed by atoms with Crippen molar-refractivity contribution >= 4 is 28.8 Å². The van der Waals surface area contributed by atoms with Crippen LogP contribution >= 0.6 is 0 Å². The van der Waals surface area contributed by atoms with Crippen molar-refractivity contribution in [3.63, 3.8) is 0 Å². The molecule has 8 heteroatoms. The summed E-state index contributed by atoms with van der Waals surface area (Å²) in [6.07, 6.45) is -0.490. The van der Waals surface area contributed by atoms with Gasteiger partial charge in [-0.15, -0.1) is 0 Å². The highest BCUT2D eigenvalue weighted by Crippen LogP contribution is 2.21. The maximum atomic E-state index is 12.0. The minimum Gasteiger partial charge on any atom is -0.478 e. The molecule has 23 heavy (non-hydrogen) atoms. The third kappa shape index (κ3) is 3.91. The molecule has 0 aliphatic heterocycles. The third-order valence-corrected chi connectivity index (χ3v) is 2.98. The number of nitrogens with one attached hydrogen (secondary N) is 1. The van der Waals surface area contributed by atoms with Crippen LogP contribution in [0.15, 0.2) is 12.1 Å². The van der Waals surface area contributed by atoms with Crippen molar-refractivity contribution in [2.75, 3.05) is 12.8 Å². The molecule has 1 aromatic carbocycles. The van der Waals surface area contributed by atoms with Gasteiger partial charge in [-0.05, 0) is 32.9 Å². The lowest BCUT2D eigenvalue weighted by Gasteiger charge is -2.24. The number of H-pyrrole nitrogens is 1. The van der Waals surface area contributed by atoms with E-state index in [0.29, 0.717) is 22.5 Å². The van der Waals surface area contributed by atoms with E-state index in [4.69, 9.17) is 10.5 Å². The molecule has 2 aromatic rings. The summed E-state index contributed by atoms with van der Waals surface area (Å²) in [5, 5.41) is 9.22. The summed E-state index contributed by atoms with van der Waals surface area (Å²) in [5.41, 5.74) is 6.26. The summed E-state index contributed by atoms with van der Waals surface area (Å²) in [6.45, 7) is 5.49. The molecule has 0 aliphatic rings. The van der Waals surface area contributed by atoms with Crippen LogP contribution in [0.2, 0.25) is 0 Å². The lowest BCUT2D eigenvalue weighted by Crippen LogP contribution is -2.34.